The minimum absolute atomic E-state index is 0.264. The topological polar surface area (TPSA) is 64.6 Å². The summed E-state index contributed by atoms with van der Waals surface area (Å²) in [6.07, 6.45) is 0.828. The Balaban J connectivity index is 1.89. The van der Waals surface area contributed by atoms with Crippen molar-refractivity contribution in [3.63, 3.8) is 0 Å². The summed E-state index contributed by atoms with van der Waals surface area (Å²) in [5.74, 6) is -0.656. The number of hydrogen-bond donors (Lipinski definition) is 1. The van der Waals surface area contributed by atoms with Gasteiger partial charge in [0.15, 0.2) is 0 Å². The normalized spacial score (nSPS) is 11.5. The van der Waals surface area contributed by atoms with Gasteiger partial charge < -0.3 is 14.8 Å². The molecule has 1 unspecified atom stereocenters. The number of benzene rings is 3. The first kappa shape index (κ1) is 22.4. The van der Waals surface area contributed by atoms with E-state index in [1.54, 1.807) is 48.2 Å². The molecule has 3 aromatic carbocycles. The Morgan fingerprint density at radius 1 is 0.935 bits per heavy atom. The standard InChI is InChI=1S/C25H25NO4S/c1-16-12-17(2)14-19(13-16)26-24(27)23(18-8-6-5-7-9-18)30-25(28)21-11-10-20(31-4)15-22(21)29-3/h5-15,23H,1-4H3,(H,26,27). The lowest BCUT2D eigenvalue weighted by molar-refractivity contribution is -0.125. The molecule has 5 nitrogen and oxygen atoms in total. The fourth-order valence-corrected chi connectivity index (χ4v) is 3.72. The van der Waals surface area contributed by atoms with Gasteiger partial charge >= 0.3 is 5.97 Å². The molecule has 1 amide bonds. The van der Waals surface area contributed by atoms with Crippen LogP contribution in [-0.4, -0.2) is 25.2 Å². The maximum Gasteiger partial charge on any atom is 0.343 e. The highest BCUT2D eigenvalue weighted by atomic mass is 32.2. The maximum atomic E-state index is 13.1. The Bertz CT molecular complexity index is 1060. The molecule has 6 heteroatoms. The van der Waals surface area contributed by atoms with Gasteiger partial charge in [0.2, 0.25) is 6.10 Å². The number of aryl methyl sites for hydroxylation is 2. The molecule has 1 atom stereocenters. The number of methoxy groups -OCH3 is 1. The highest BCUT2D eigenvalue weighted by molar-refractivity contribution is 7.98. The van der Waals surface area contributed by atoms with E-state index in [2.05, 4.69) is 5.32 Å². The maximum absolute atomic E-state index is 13.1. The van der Waals surface area contributed by atoms with E-state index in [0.717, 1.165) is 16.0 Å². The Morgan fingerprint density at radius 2 is 1.61 bits per heavy atom. The van der Waals surface area contributed by atoms with Crippen LogP contribution >= 0.6 is 11.8 Å². The monoisotopic (exact) mass is 435 g/mol. The molecule has 31 heavy (non-hydrogen) atoms. The van der Waals surface area contributed by atoms with Crippen LogP contribution in [0.5, 0.6) is 5.75 Å². The zero-order valence-electron chi connectivity index (χ0n) is 18.0. The summed E-state index contributed by atoms with van der Waals surface area (Å²) in [5.41, 5.74) is 3.56. The number of hydrogen-bond acceptors (Lipinski definition) is 5. The van der Waals surface area contributed by atoms with Crippen molar-refractivity contribution in [2.45, 2.75) is 24.8 Å². The van der Waals surface area contributed by atoms with Crippen molar-refractivity contribution in [2.75, 3.05) is 18.7 Å². The van der Waals surface area contributed by atoms with Crippen LogP contribution in [0.1, 0.15) is 33.2 Å². The Hall–Kier alpha value is -3.25. The lowest BCUT2D eigenvalue weighted by Crippen LogP contribution is -2.26. The van der Waals surface area contributed by atoms with E-state index in [9.17, 15) is 9.59 Å². The number of thioether (sulfide) groups is 1. The van der Waals surface area contributed by atoms with Crippen molar-refractivity contribution in [3.05, 3.63) is 89.0 Å². The van der Waals surface area contributed by atoms with Crippen LogP contribution in [0.4, 0.5) is 5.69 Å². The molecule has 0 aliphatic carbocycles. The largest absolute Gasteiger partial charge is 0.496 e. The molecular formula is C25H25NO4S. The highest BCUT2D eigenvalue weighted by Gasteiger charge is 2.27. The predicted octanol–water partition coefficient (Wildman–Crippen LogP) is 5.57. The summed E-state index contributed by atoms with van der Waals surface area (Å²) in [6.45, 7) is 3.92. The van der Waals surface area contributed by atoms with Crippen molar-refractivity contribution in [3.8, 4) is 5.75 Å². The van der Waals surface area contributed by atoms with Gasteiger partial charge in [0.1, 0.15) is 11.3 Å². The Kier molecular flexibility index (Phi) is 7.36. The summed E-state index contributed by atoms with van der Waals surface area (Å²) < 4.78 is 11.1. The SMILES string of the molecule is COc1cc(SC)ccc1C(=O)OC(C(=O)Nc1cc(C)cc(C)c1)c1ccccc1. The number of carbonyl (C=O) groups excluding carboxylic acids is 2. The summed E-state index contributed by atoms with van der Waals surface area (Å²) in [5, 5.41) is 2.88. The van der Waals surface area contributed by atoms with Gasteiger partial charge in [0.05, 0.1) is 7.11 Å². The quantitative estimate of drug-likeness (QED) is 0.388. The second-order valence-electron chi connectivity index (χ2n) is 7.13. The molecular weight excluding hydrogens is 410 g/mol. The van der Waals surface area contributed by atoms with E-state index in [1.807, 2.05) is 50.4 Å². The first-order valence-corrected chi connectivity index (χ1v) is 11.0. The number of ether oxygens (including phenoxy) is 2. The van der Waals surface area contributed by atoms with Crippen LogP contribution in [0.15, 0.2) is 71.6 Å². The summed E-state index contributed by atoms with van der Waals surface area (Å²) >= 11 is 1.54. The van der Waals surface area contributed by atoms with E-state index in [1.165, 1.54) is 7.11 Å². The van der Waals surface area contributed by atoms with Crippen molar-refractivity contribution >= 4 is 29.3 Å². The molecule has 0 radical (unpaired) electrons. The molecule has 0 fully saturated rings. The molecule has 0 aromatic heterocycles. The molecule has 0 saturated heterocycles. The Morgan fingerprint density at radius 3 is 2.23 bits per heavy atom. The zero-order valence-corrected chi connectivity index (χ0v) is 18.8. The van der Waals surface area contributed by atoms with Gasteiger partial charge in [0, 0.05) is 16.1 Å². The van der Waals surface area contributed by atoms with Crippen molar-refractivity contribution in [1.82, 2.24) is 0 Å². The smallest absolute Gasteiger partial charge is 0.343 e. The fraction of sp³-hybridized carbons (Fsp3) is 0.200. The van der Waals surface area contributed by atoms with Gasteiger partial charge in [-0.1, -0.05) is 36.4 Å². The molecule has 0 aliphatic rings. The van der Waals surface area contributed by atoms with E-state index in [4.69, 9.17) is 9.47 Å². The van der Waals surface area contributed by atoms with Gasteiger partial charge in [0.25, 0.3) is 5.91 Å². The zero-order chi connectivity index (χ0) is 22.4. The third-order valence-corrected chi connectivity index (χ3v) is 5.41. The first-order valence-electron chi connectivity index (χ1n) is 9.78. The molecule has 0 bridgehead atoms. The first-order chi connectivity index (χ1) is 14.9. The van der Waals surface area contributed by atoms with Gasteiger partial charge in [-0.3, -0.25) is 4.79 Å². The molecule has 1 N–H and O–H groups in total. The number of amides is 1. The van der Waals surface area contributed by atoms with Crippen LogP contribution in [0, 0.1) is 13.8 Å². The third kappa shape index (κ3) is 5.67. The van der Waals surface area contributed by atoms with E-state index in [-0.39, 0.29) is 5.56 Å². The second-order valence-corrected chi connectivity index (χ2v) is 8.01. The number of rotatable bonds is 7. The average molecular weight is 436 g/mol. The number of carbonyl (C=O) groups is 2. The van der Waals surface area contributed by atoms with Crippen LogP contribution in [-0.2, 0) is 9.53 Å². The molecule has 0 aliphatic heterocycles. The van der Waals surface area contributed by atoms with Gasteiger partial charge in [-0.2, -0.15) is 0 Å². The number of anilines is 1. The van der Waals surface area contributed by atoms with Crippen molar-refractivity contribution in [2.24, 2.45) is 0 Å². The van der Waals surface area contributed by atoms with Crippen LogP contribution in [0.25, 0.3) is 0 Å². The number of nitrogens with one attached hydrogen (secondary N) is 1. The third-order valence-electron chi connectivity index (χ3n) is 4.68. The Labute approximate surface area is 186 Å². The number of esters is 1. The highest BCUT2D eigenvalue weighted by Crippen LogP contribution is 2.28. The minimum atomic E-state index is -1.11. The van der Waals surface area contributed by atoms with Gasteiger partial charge in [-0.25, -0.2) is 4.79 Å². The van der Waals surface area contributed by atoms with Crippen LogP contribution < -0.4 is 10.1 Å². The van der Waals surface area contributed by atoms with E-state index in [0.29, 0.717) is 17.0 Å². The molecule has 160 valence electrons. The minimum Gasteiger partial charge on any atom is -0.496 e. The predicted molar refractivity (Wildman–Crippen MR) is 124 cm³/mol. The summed E-state index contributed by atoms with van der Waals surface area (Å²) in [7, 11) is 1.50. The fourth-order valence-electron chi connectivity index (χ4n) is 3.29. The van der Waals surface area contributed by atoms with Gasteiger partial charge in [-0.05, 0) is 61.6 Å². The van der Waals surface area contributed by atoms with Crippen molar-refractivity contribution in [1.29, 1.82) is 0 Å². The van der Waals surface area contributed by atoms with Gasteiger partial charge in [-0.15, -0.1) is 11.8 Å². The average Bonchev–Trinajstić information content (AvgIpc) is 2.76. The molecule has 0 heterocycles. The van der Waals surface area contributed by atoms with E-state index >= 15 is 0 Å². The summed E-state index contributed by atoms with van der Waals surface area (Å²) in [4.78, 5) is 27.1. The molecule has 3 rings (SSSR count). The molecule has 3 aromatic rings. The molecule has 0 saturated carbocycles. The van der Waals surface area contributed by atoms with Crippen LogP contribution in [0.3, 0.4) is 0 Å². The van der Waals surface area contributed by atoms with Crippen molar-refractivity contribution < 1.29 is 19.1 Å². The van der Waals surface area contributed by atoms with Crippen LogP contribution in [0.2, 0.25) is 0 Å². The van der Waals surface area contributed by atoms with E-state index < -0.39 is 18.0 Å². The lowest BCUT2D eigenvalue weighted by Gasteiger charge is -2.19. The summed E-state index contributed by atoms with van der Waals surface area (Å²) in [6, 6.07) is 20.0. The molecule has 0 spiro atoms. The second kappa shape index (κ2) is 10.2. The lowest BCUT2D eigenvalue weighted by atomic mass is 10.1.